The molecule has 1 aromatic carbocycles. The van der Waals surface area contributed by atoms with E-state index in [2.05, 4.69) is 33.9 Å². The molecule has 1 unspecified atom stereocenters. The third-order valence-electron chi connectivity index (χ3n) is 2.69. The third kappa shape index (κ3) is 3.47. The highest BCUT2D eigenvalue weighted by molar-refractivity contribution is 9.10. The van der Waals surface area contributed by atoms with Gasteiger partial charge in [0.15, 0.2) is 0 Å². The summed E-state index contributed by atoms with van der Waals surface area (Å²) in [6.45, 7) is 1.39. The SMILES string of the molecule is O=C(NC1CCCOC1)c1cc(S)ccc1Br. The van der Waals surface area contributed by atoms with Crippen LogP contribution in [0.2, 0.25) is 0 Å². The van der Waals surface area contributed by atoms with E-state index >= 15 is 0 Å². The number of hydrogen-bond acceptors (Lipinski definition) is 3. The van der Waals surface area contributed by atoms with Crippen LogP contribution in [0.3, 0.4) is 0 Å². The number of carbonyl (C=O) groups excluding carboxylic acids is 1. The Bertz CT molecular complexity index is 419. The molecule has 1 aromatic rings. The van der Waals surface area contributed by atoms with Gasteiger partial charge in [-0.15, -0.1) is 12.6 Å². The first-order chi connectivity index (χ1) is 8.16. The predicted octanol–water partition coefficient (Wildman–Crippen LogP) is 2.65. The average Bonchev–Trinajstić information content (AvgIpc) is 2.33. The highest BCUT2D eigenvalue weighted by Crippen LogP contribution is 2.20. The van der Waals surface area contributed by atoms with Crippen LogP contribution in [0.1, 0.15) is 23.2 Å². The van der Waals surface area contributed by atoms with E-state index in [1.165, 1.54) is 0 Å². The summed E-state index contributed by atoms with van der Waals surface area (Å²) >= 11 is 7.61. The Morgan fingerprint density at radius 2 is 2.35 bits per heavy atom. The van der Waals surface area contributed by atoms with Crippen molar-refractivity contribution < 1.29 is 9.53 Å². The van der Waals surface area contributed by atoms with Crippen molar-refractivity contribution in [1.82, 2.24) is 5.32 Å². The van der Waals surface area contributed by atoms with Gasteiger partial charge >= 0.3 is 0 Å². The van der Waals surface area contributed by atoms with Crippen molar-refractivity contribution in [2.24, 2.45) is 0 Å². The van der Waals surface area contributed by atoms with Crippen LogP contribution < -0.4 is 5.32 Å². The number of carbonyl (C=O) groups is 1. The zero-order valence-corrected chi connectivity index (χ0v) is 11.8. The fraction of sp³-hybridized carbons (Fsp3) is 0.417. The number of thiol groups is 1. The molecule has 1 heterocycles. The van der Waals surface area contributed by atoms with Crippen LogP contribution in [0.25, 0.3) is 0 Å². The molecule has 5 heteroatoms. The normalized spacial score (nSPS) is 20.0. The molecule has 0 aromatic heterocycles. The number of nitrogens with one attached hydrogen (secondary N) is 1. The first-order valence-corrected chi connectivity index (χ1v) is 6.78. The molecule has 0 spiro atoms. The minimum Gasteiger partial charge on any atom is -0.379 e. The lowest BCUT2D eigenvalue weighted by Gasteiger charge is -2.23. The van der Waals surface area contributed by atoms with Crippen LogP contribution in [0.15, 0.2) is 27.6 Å². The Labute approximate surface area is 114 Å². The van der Waals surface area contributed by atoms with Crippen molar-refractivity contribution in [3.8, 4) is 0 Å². The molecule has 0 bridgehead atoms. The molecule has 1 aliphatic heterocycles. The second-order valence-corrected chi connectivity index (χ2v) is 5.42. The second-order valence-electron chi connectivity index (χ2n) is 4.05. The van der Waals surface area contributed by atoms with Gasteiger partial charge in [0.1, 0.15) is 0 Å². The number of rotatable bonds is 2. The first kappa shape index (κ1) is 12.9. The number of hydrogen-bond donors (Lipinski definition) is 2. The molecular formula is C12H14BrNO2S. The summed E-state index contributed by atoms with van der Waals surface area (Å²) in [5, 5.41) is 2.98. The largest absolute Gasteiger partial charge is 0.379 e. The summed E-state index contributed by atoms with van der Waals surface area (Å²) in [5.41, 5.74) is 0.614. The van der Waals surface area contributed by atoms with E-state index in [9.17, 15) is 4.79 Å². The Balaban J connectivity index is 2.05. The maximum atomic E-state index is 12.1. The van der Waals surface area contributed by atoms with Crippen LogP contribution in [0.5, 0.6) is 0 Å². The maximum absolute atomic E-state index is 12.1. The van der Waals surface area contributed by atoms with Gasteiger partial charge in [0.2, 0.25) is 0 Å². The van der Waals surface area contributed by atoms with E-state index in [-0.39, 0.29) is 11.9 Å². The van der Waals surface area contributed by atoms with Crippen LogP contribution in [-0.2, 0) is 4.74 Å². The summed E-state index contributed by atoms with van der Waals surface area (Å²) in [4.78, 5) is 12.8. The molecule has 0 aliphatic carbocycles. The van der Waals surface area contributed by atoms with Crippen molar-refractivity contribution >= 4 is 34.5 Å². The predicted molar refractivity (Wildman–Crippen MR) is 72.7 cm³/mol. The fourth-order valence-corrected chi connectivity index (χ4v) is 2.44. The highest BCUT2D eigenvalue weighted by atomic mass is 79.9. The molecule has 3 nitrogen and oxygen atoms in total. The molecular weight excluding hydrogens is 302 g/mol. The molecule has 17 heavy (non-hydrogen) atoms. The van der Waals surface area contributed by atoms with E-state index in [0.717, 1.165) is 28.8 Å². The topological polar surface area (TPSA) is 38.3 Å². The molecule has 0 saturated carbocycles. The van der Waals surface area contributed by atoms with E-state index < -0.39 is 0 Å². The number of halogens is 1. The second kappa shape index (κ2) is 5.89. The van der Waals surface area contributed by atoms with Crippen molar-refractivity contribution in [1.29, 1.82) is 0 Å². The summed E-state index contributed by atoms with van der Waals surface area (Å²) in [5.74, 6) is -0.0803. The molecule has 2 rings (SSSR count). The van der Waals surface area contributed by atoms with Gasteiger partial charge in [-0.2, -0.15) is 0 Å². The van der Waals surface area contributed by atoms with Crippen molar-refractivity contribution in [3.63, 3.8) is 0 Å². The minimum absolute atomic E-state index is 0.0803. The maximum Gasteiger partial charge on any atom is 0.252 e. The van der Waals surface area contributed by atoms with Gasteiger partial charge in [0.25, 0.3) is 5.91 Å². The average molecular weight is 316 g/mol. The molecule has 0 radical (unpaired) electrons. The number of benzene rings is 1. The standard InChI is InChI=1S/C12H14BrNO2S/c13-11-4-3-9(17)6-10(11)12(15)14-8-2-1-5-16-7-8/h3-4,6,8,17H,1-2,5,7H2,(H,14,15). The third-order valence-corrected chi connectivity index (χ3v) is 3.66. The lowest BCUT2D eigenvalue weighted by atomic mass is 10.1. The minimum atomic E-state index is -0.0803. The summed E-state index contributed by atoms with van der Waals surface area (Å²) in [7, 11) is 0. The van der Waals surface area contributed by atoms with Gasteiger partial charge in [-0.25, -0.2) is 0 Å². The zero-order valence-electron chi connectivity index (χ0n) is 9.28. The van der Waals surface area contributed by atoms with Crippen molar-refractivity contribution in [3.05, 3.63) is 28.2 Å². The van der Waals surface area contributed by atoms with Gasteiger partial charge in [0.05, 0.1) is 18.2 Å². The lowest BCUT2D eigenvalue weighted by Crippen LogP contribution is -2.40. The van der Waals surface area contributed by atoms with Crippen LogP contribution in [0.4, 0.5) is 0 Å². The summed E-state index contributed by atoms with van der Waals surface area (Å²) < 4.78 is 6.11. The molecule has 1 amide bonds. The highest BCUT2D eigenvalue weighted by Gasteiger charge is 2.18. The van der Waals surface area contributed by atoms with E-state index in [1.807, 2.05) is 12.1 Å². The molecule has 1 N–H and O–H groups in total. The van der Waals surface area contributed by atoms with E-state index in [1.54, 1.807) is 6.07 Å². The summed E-state index contributed by atoms with van der Waals surface area (Å²) in [6.07, 6.45) is 1.97. The van der Waals surface area contributed by atoms with Crippen molar-refractivity contribution in [2.75, 3.05) is 13.2 Å². The molecule has 1 aliphatic rings. The van der Waals surface area contributed by atoms with E-state index in [4.69, 9.17) is 4.74 Å². The fourth-order valence-electron chi connectivity index (χ4n) is 1.80. The molecule has 1 atom stereocenters. The lowest BCUT2D eigenvalue weighted by molar-refractivity contribution is 0.0623. The van der Waals surface area contributed by atoms with Gasteiger partial charge < -0.3 is 10.1 Å². The van der Waals surface area contributed by atoms with Gasteiger partial charge in [-0.05, 0) is 47.0 Å². The quantitative estimate of drug-likeness (QED) is 0.823. The van der Waals surface area contributed by atoms with Crippen LogP contribution in [0, 0.1) is 0 Å². The van der Waals surface area contributed by atoms with Crippen LogP contribution >= 0.6 is 28.6 Å². The van der Waals surface area contributed by atoms with Gasteiger partial charge in [0, 0.05) is 16.0 Å². The van der Waals surface area contributed by atoms with Crippen molar-refractivity contribution in [2.45, 2.75) is 23.8 Å². The summed E-state index contributed by atoms with van der Waals surface area (Å²) in [6, 6.07) is 5.54. The monoisotopic (exact) mass is 315 g/mol. The Kier molecular flexibility index (Phi) is 4.48. The number of ether oxygens (including phenoxy) is 1. The van der Waals surface area contributed by atoms with Crippen LogP contribution in [-0.4, -0.2) is 25.2 Å². The smallest absolute Gasteiger partial charge is 0.252 e. The molecule has 92 valence electrons. The number of amides is 1. The van der Waals surface area contributed by atoms with Gasteiger partial charge in [-0.3, -0.25) is 4.79 Å². The zero-order chi connectivity index (χ0) is 12.3. The van der Waals surface area contributed by atoms with Gasteiger partial charge in [-0.1, -0.05) is 0 Å². The first-order valence-electron chi connectivity index (χ1n) is 5.54. The molecule has 1 fully saturated rings. The Morgan fingerprint density at radius 1 is 1.53 bits per heavy atom. The Morgan fingerprint density at radius 3 is 3.06 bits per heavy atom. The Hall–Kier alpha value is -0.520. The molecule has 1 saturated heterocycles. The van der Waals surface area contributed by atoms with E-state index in [0.29, 0.717) is 12.2 Å².